The van der Waals surface area contributed by atoms with Crippen LogP contribution in [0, 0.1) is 6.92 Å². The molecule has 1 amide bonds. The Hall–Kier alpha value is -5.38. The van der Waals surface area contributed by atoms with E-state index in [9.17, 15) is 9.59 Å². The monoisotopic (exact) mass is 530 g/mol. The molecule has 198 valence electrons. The molecule has 6 aromatic rings. The highest BCUT2D eigenvalue weighted by molar-refractivity contribution is 6.01. The zero-order valence-electron chi connectivity index (χ0n) is 22.2. The molecule has 10 nitrogen and oxygen atoms in total. The fourth-order valence-electron chi connectivity index (χ4n) is 4.84. The van der Waals surface area contributed by atoms with Gasteiger partial charge >= 0.3 is 0 Å². The molecule has 0 bridgehead atoms. The van der Waals surface area contributed by atoms with Gasteiger partial charge in [-0.05, 0) is 43.7 Å². The summed E-state index contributed by atoms with van der Waals surface area (Å²) in [6, 6.07) is 16.0. The van der Waals surface area contributed by atoms with E-state index in [1.54, 1.807) is 45.3 Å². The second-order valence-electron chi connectivity index (χ2n) is 9.51. The van der Waals surface area contributed by atoms with Crippen LogP contribution in [0.4, 0.5) is 0 Å². The van der Waals surface area contributed by atoms with E-state index in [1.807, 2.05) is 80.9 Å². The van der Waals surface area contributed by atoms with Crippen LogP contribution in [-0.2, 0) is 7.05 Å². The van der Waals surface area contributed by atoms with Crippen LogP contribution in [0.25, 0.3) is 34.4 Å². The zero-order valence-corrected chi connectivity index (χ0v) is 22.2. The van der Waals surface area contributed by atoms with E-state index in [4.69, 9.17) is 4.98 Å². The zero-order chi connectivity index (χ0) is 27.8. The third-order valence-electron chi connectivity index (χ3n) is 6.68. The van der Waals surface area contributed by atoms with Crippen molar-refractivity contribution < 1.29 is 4.79 Å². The van der Waals surface area contributed by atoms with E-state index in [-0.39, 0.29) is 11.5 Å². The van der Waals surface area contributed by atoms with E-state index in [0.717, 1.165) is 11.1 Å². The minimum absolute atomic E-state index is 0.229. The van der Waals surface area contributed by atoms with E-state index >= 15 is 0 Å². The van der Waals surface area contributed by atoms with Crippen LogP contribution in [0.5, 0.6) is 0 Å². The fraction of sp³-hybridized carbons (Fsp3) is 0.133. The molecular formula is C30H26N8O2. The van der Waals surface area contributed by atoms with Crippen molar-refractivity contribution in [2.45, 2.75) is 19.9 Å². The van der Waals surface area contributed by atoms with Gasteiger partial charge in [0.05, 0.1) is 34.5 Å². The average Bonchev–Trinajstić information content (AvgIpc) is 3.53. The van der Waals surface area contributed by atoms with Crippen molar-refractivity contribution in [3.63, 3.8) is 0 Å². The standard InChI is InChI=1S/C30H26N8O2/c1-19-25(28-31-15-8-16-37(28)35-19)29(39)33-20(2)27-34-24-12-7-9-22(14-13-21-17-32-36(3)18-21)26(24)30(40)38(27)23-10-5-4-6-11-23/h4-18,20H,1-3H3,(H,33,39)/b14-13+. The summed E-state index contributed by atoms with van der Waals surface area (Å²) in [5, 5.41) is 12.1. The summed E-state index contributed by atoms with van der Waals surface area (Å²) in [7, 11) is 1.85. The molecule has 4 heterocycles. The molecule has 2 aromatic carbocycles. The molecule has 1 N–H and O–H groups in total. The highest BCUT2D eigenvalue weighted by Gasteiger charge is 2.24. The Bertz CT molecular complexity index is 1970. The second kappa shape index (κ2) is 10.1. The number of para-hydroxylation sites is 1. The first-order chi connectivity index (χ1) is 19.4. The van der Waals surface area contributed by atoms with Crippen molar-refractivity contribution in [1.29, 1.82) is 0 Å². The predicted molar refractivity (Wildman–Crippen MR) is 153 cm³/mol. The van der Waals surface area contributed by atoms with E-state index < -0.39 is 6.04 Å². The molecule has 6 rings (SSSR count). The third kappa shape index (κ3) is 4.45. The van der Waals surface area contributed by atoms with Crippen LogP contribution in [0.15, 0.2) is 84.2 Å². The summed E-state index contributed by atoms with van der Waals surface area (Å²) in [5.41, 5.74) is 4.01. The van der Waals surface area contributed by atoms with Crippen LogP contribution in [-0.4, -0.2) is 39.8 Å². The van der Waals surface area contributed by atoms with E-state index in [0.29, 0.717) is 39.3 Å². The van der Waals surface area contributed by atoms with Crippen LogP contribution >= 0.6 is 0 Å². The number of hydrogen-bond donors (Lipinski definition) is 1. The predicted octanol–water partition coefficient (Wildman–Crippen LogP) is 4.13. The molecule has 4 aromatic heterocycles. The molecule has 0 saturated heterocycles. The summed E-state index contributed by atoms with van der Waals surface area (Å²) in [6.07, 6.45) is 10.8. The lowest BCUT2D eigenvalue weighted by molar-refractivity contribution is 0.0938. The van der Waals surface area contributed by atoms with Gasteiger partial charge < -0.3 is 5.32 Å². The lowest BCUT2D eigenvalue weighted by Gasteiger charge is -2.20. The second-order valence-corrected chi connectivity index (χ2v) is 9.51. The van der Waals surface area contributed by atoms with Gasteiger partial charge in [-0.2, -0.15) is 10.2 Å². The van der Waals surface area contributed by atoms with Gasteiger partial charge in [0.25, 0.3) is 11.5 Å². The van der Waals surface area contributed by atoms with Gasteiger partial charge in [-0.1, -0.05) is 42.5 Å². The van der Waals surface area contributed by atoms with Crippen molar-refractivity contribution in [1.82, 2.24) is 39.2 Å². The molecule has 0 aliphatic rings. The minimum atomic E-state index is -0.613. The number of amides is 1. The molecule has 1 unspecified atom stereocenters. The van der Waals surface area contributed by atoms with Gasteiger partial charge in [0.15, 0.2) is 5.65 Å². The van der Waals surface area contributed by atoms with Crippen LogP contribution in [0.1, 0.15) is 46.0 Å². The number of aromatic nitrogens is 7. The number of nitrogens with one attached hydrogen (secondary N) is 1. The topological polar surface area (TPSA) is 112 Å². The summed E-state index contributed by atoms with van der Waals surface area (Å²) in [4.78, 5) is 36.9. The van der Waals surface area contributed by atoms with Crippen molar-refractivity contribution in [3.05, 3.63) is 118 Å². The molecule has 40 heavy (non-hydrogen) atoms. The van der Waals surface area contributed by atoms with Crippen molar-refractivity contribution in [2.24, 2.45) is 7.05 Å². The highest BCUT2D eigenvalue weighted by Crippen LogP contribution is 2.23. The van der Waals surface area contributed by atoms with Crippen LogP contribution < -0.4 is 10.9 Å². The van der Waals surface area contributed by atoms with Gasteiger partial charge in [0.1, 0.15) is 11.4 Å². The van der Waals surface area contributed by atoms with Gasteiger partial charge in [0, 0.05) is 31.2 Å². The quantitative estimate of drug-likeness (QED) is 0.347. The molecular weight excluding hydrogens is 504 g/mol. The fourth-order valence-corrected chi connectivity index (χ4v) is 4.84. The number of rotatable bonds is 6. The number of nitrogens with zero attached hydrogens (tertiary/aromatic N) is 7. The van der Waals surface area contributed by atoms with Crippen molar-refractivity contribution in [3.8, 4) is 5.69 Å². The number of fused-ring (bicyclic) bond motifs is 2. The number of aryl methyl sites for hydroxylation is 2. The van der Waals surface area contributed by atoms with E-state index in [2.05, 4.69) is 20.5 Å². The van der Waals surface area contributed by atoms with Crippen molar-refractivity contribution in [2.75, 3.05) is 0 Å². The lowest BCUT2D eigenvalue weighted by atomic mass is 10.1. The van der Waals surface area contributed by atoms with Crippen molar-refractivity contribution >= 4 is 34.6 Å². The first kappa shape index (κ1) is 24.9. The highest BCUT2D eigenvalue weighted by atomic mass is 16.2. The maximum atomic E-state index is 14.2. The summed E-state index contributed by atoms with van der Waals surface area (Å²) < 4.78 is 4.86. The number of carbonyl (C=O) groups is 1. The molecule has 0 fully saturated rings. The SMILES string of the molecule is Cc1nn2cccnc2c1C(=O)NC(C)c1nc2cccc(/C=C/c3cnn(C)c3)c2c(=O)n1-c1ccccc1. The number of benzene rings is 2. The molecule has 0 aliphatic carbocycles. The molecule has 10 heteroatoms. The Balaban J connectivity index is 1.46. The molecule has 0 aliphatic heterocycles. The smallest absolute Gasteiger partial charge is 0.266 e. The third-order valence-corrected chi connectivity index (χ3v) is 6.68. The van der Waals surface area contributed by atoms with Gasteiger partial charge in [-0.25, -0.2) is 14.5 Å². The largest absolute Gasteiger partial charge is 0.342 e. The number of carbonyl (C=O) groups excluding carboxylic acids is 1. The van der Waals surface area contributed by atoms with Gasteiger partial charge in [-0.15, -0.1) is 0 Å². The Morgan fingerprint density at radius 1 is 1.05 bits per heavy atom. The minimum Gasteiger partial charge on any atom is -0.342 e. The maximum Gasteiger partial charge on any atom is 0.266 e. The summed E-state index contributed by atoms with van der Waals surface area (Å²) in [5.74, 6) is 0.0633. The molecule has 0 radical (unpaired) electrons. The first-order valence-electron chi connectivity index (χ1n) is 12.8. The Morgan fingerprint density at radius 2 is 1.88 bits per heavy atom. The number of hydrogen-bond acceptors (Lipinski definition) is 6. The van der Waals surface area contributed by atoms with Gasteiger partial charge in [0.2, 0.25) is 0 Å². The Kier molecular flexibility index (Phi) is 6.27. The van der Waals surface area contributed by atoms with E-state index in [1.165, 1.54) is 0 Å². The summed E-state index contributed by atoms with van der Waals surface area (Å²) >= 11 is 0. The molecule has 0 saturated carbocycles. The van der Waals surface area contributed by atoms with Gasteiger partial charge in [-0.3, -0.25) is 18.8 Å². The lowest BCUT2D eigenvalue weighted by Crippen LogP contribution is -2.33. The molecule has 0 spiro atoms. The van der Waals surface area contributed by atoms with Crippen LogP contribution in [0.2, 0.25) is 0 Å². The Morgan fingerprint density at radius 3 is 2.65 bits per heavy atom. The normalized spacial score (nSPS) is 12.4. The first-order valence-corrected chi connectivity index (χ1v) is 12.8. The molecule has 1 atom stereocenters. The Labute approximate surface area is 229 Å². The maximum absolute atomic E-state index is 14.2. The van der Waals surface area contributed by atoms with Crippen LogP contribution in [0.3, 0.4) is 0 Å². The average molecular weight is 531 g/mol. The summed E-state index contributed by atoms with van der Waals surface area (Å²) in [6.45, 7) is 3.58.